The number of hydrogen-bond donors (Lipinski definition) is 2. The highest BCUT2D eigenvalue weighted by atomic mass is 19.1. The summed E-state index contributed by atoms with van der Waals surface area (Å²) in [7, 11) is 0. The van der Waals surface area contributed by atoms with Crippen molar-refractivity contribution in [2.75, 3.05) is 5.32 Å². The van der Waals surface area contributed by atoms with Crippen molar-refractivity contribution < 1.29 is 4.39 Å². The topological polar surface area (TPSA) is 27.8 Å². The molecule has 0 saturated carbocycles. The Morgan fingerprint density at radius 2 is 1.95 bits per heavy atom. The van der Waals surface area contributed by atoms with Gasteiger partial charge in [-0.05, 0) is 36.2 Å². The Morgan fingerprint density at radius 3 is 2.79 bits per heavy atom. The fourth-order valence-corrected chi connectivity index (χ4v) is 2.34. The molecule has 0 fully saturated rings. The average molecular weight is 254 g/mol. The number of nitrogens with one attached hydrogen (secondary N) is 2. The fourth-order valence-electron chi connectivity index (χ4n) is 2.34. The van der Waals surface area contributed by atoms with E-state index in [1.165, 1.54) is 11.5 Å². The lowest BCUT2D eigenvalue weighted by Gasteiger charge is -2.11. The summed E-state index contributed by atoms with van der Waals surface area (Å²) in [5.74, 6) is -0.207. The van der Waals surface area contributed by atoms with Gasteiger partial charge in [0.15, 0.2) is 0 Å². The second-order valence-electron chi connectivity index (χ2n) is 4.64. The van der Waals surface area contributed by atoms with Gasteiger partial charge in [0, 0.05) is 23.6 Å². The predicted octanol–water partition coefficient (Wildman–Crippen LogP) is 4.23. The zero-order chi connectivity index (χ0) is 13.2. The molecule has 3 heteroatoms. The van der Waals surface area contributed by atoms with Gasteiger partial charge < -0.3 is 10.3 Å². The summed E-state index contributed by atoms with van der Waals surface area (Å²) >= 11 is 0. The number of benzene rings is 2. The van der Waals surface area contributed by atoms with Crippen molar-refractivity contribution in [3.63, 3.8) is 0 Å². The Labute approximate surface area is 111 Å². The molecule has 0 saturated heterocycles. The lowest BCUT2D eigenvalue weighted by Crippen LogP contribution is -2.03. The average Bonchev–Trinajstić information content (AvgIpc) is 2.87. The van der Waals surface area contributed by atoms with Gasteiger partial charge in [-0.15, -0.1) is 0 Å². The molecule has 2 nitrogen and oxygen atoms in total. The molecule has 3 aromatic rings. The van der Waals surface area contributed by atoms with Crippen molar-refractivity contribution in [1.29, 1.82) is 0 Å². The third kappa shape index (κ3) is 2.19. The first kappa shape index (κ1) is 11.8. The molecule has 19 heavy (non-hydrogen) atoms. The summed E-state index contributed by atoms with van der Waals surface area (Å²) < 4.78 is 13.7. The summed E-state index contributed by atoms with van der Waals surface area (Å²) in [4.78, 5) is 3.18. The Kier molecular flexibility index (Phi) is 2.95. The number of H-pyrrole nitrogens is 1. The van der Waals surface area contributed by atoms with Gasteiger partial charge in [-0.2, -0.15) is 0 Å². The standard InChI is InChI=1S/C16H15FN2/c1-11-4-2-6-14(17)16(11)19-10-12-5-3-7-15-13(12)8-9-18-15/h2-9,18-19H,10H2,1H3. The van der Waals surface area contributed by atoms with Gasteiger partial charge >= 0.3 is 0 Å². The minimum Gasteiger partial charge on any atom is -0.378 e. The van der Waals surface area contributed by atoms with E-state index in [4.69, 9.17) is 0 Å². The van der Waals surface area contributed by atoms with Crippen molar-refractivity contribution in [3.05, 3.63) is 65.6 Å². The van der Waals surface area contributed by atoms with E-state index in [1.807, 2.05) is 37.4 Å². The van der Waals surface area contributed by atoms with Crippen LogP contribution >= 0.6 is 0 Å². The van der Waals surface area contributed by atoms with Crippen LogP contribution in [0.25, 0.3) is 10.9 Å². The van der Waals surface area contributed by atoms with Crippen LogP contribution in [0.15, 0.2) is 48.7 Å². The maximum atomic E-state index is 13.7. The van der Waals surface area contributed by atoms with Crippen molar-refractivity contribution >= 4 is 16.6 Å². The quantitative estimate of drug-likeness (QED) is 0.719. The number of aromatic nitrogens is 1. The van der Waals surface area contributed by atoms with E-state index in [-0.39, 0.29) is 5.82 Å². The number of hydrogen-bond acceptors (Lipinski definition) is 1. The Bertz CT molecular complexity index is 695. The van der Waals surface area contributed by atoms with E-state index >= 15 is 0 Å². The van der Waals surface area contributed by atoms with E-state index in [2.05, 4.69) is 16.4 Å². The molecule has 0 aliphatic carbocycles. The third-order valence-electron chi connectivity index (χ3n) is 3.36. The van der Waals surface area contributed by atoms with Crippen molar-refractivity contribution in [2.24, 2.45) is 0 Å². The smallest absolute Gasteiger partial charge is 0.146 e. The fraction of sp³-hybridized carbons (Fsp3) is 0.125. The van der Waals surface area contributed by atoms with Crippen LogP contribution in [0.3, 0.4) is 0 Å². The monoisotopic (exact) mass is 254 g/mol. The SMILES string of the molecule is Cc1cccc(F)c1NCc1cccc2[nH]ccc12. The van der Waals surface area contributed by atoms with Crippen LogP contribution in [-0.4, -0.2) is 4.98 Å². The summed E-state index contributed by atoms with van der Waals surface area (Å²) in [6.45, 7) is 2.51. The second kappa shape index (κ2) is 4.76. The van der Waals surface area contributed by atoms with E-state index in [9.17, 15) is 4.39 Å². The van der Waals surface area contributed by atoms with Gasteiger partial charge in [-0.25, -0.2) is 4.39 Å². The highest BCUT2D eigenvalue weighted by Gasteiger charge is 2.06. The lowest BCUT2D eigenvalue weighted by molar-refractivity contribution is 0.629. The highest BCUT2D eigenvalue weighted by Crippen LogP contribution is 2.22. The van der Waals surface area contributed by atoms with Gasteiger partial charge in [0.25, 0.3) is 0 Å². The second-order valence-corrected chi connectivity index (χ2v) is 4.64. The number of aromatic amines is 1. The Morgan fingerprint density at radius 1 is 1.11 bits per heavy atom. The van der Waals surface area contributed by atoms with Crippen LogP contribution in [0.4, 0.5) is 10.1 Å². The molecular weight excluding hydrogens is 239 g/mol. The molecule has 96 valence electrons. The molecule has 0 bridgehead atoms. The summed E-state index contributed by atoms with van der Waals surface area (Å²) in [6, 6.07) is 13.2. The lowest BCUT2D eigenvalue weighted by atomic mass is 10.1. The van der Waals surface area contributed by atoms with Crippen molar-refractivity contribution in [1.82, 2.24) is 4.98 Å². The Hall–Kier alpha value is -2.29. The predicted molar refractivity (Wildman–Crippen MR) is 76.8 cm³/mol. The molecule has 2 N–H and O–H groups in total. The molecule has 0 aliphatic heterocycles. The van der Waals surface area contributed by atoms with Gasteiger partial charge in [0.05, 0.1) is 5.69 Å². The molecular formula is C16H15FN2. The Balaban J connectivity index is 1.88. The molecule has 1 aromatic heterocycles. The first-order chi connectivity index (χ1) is 9.25. The van der Waals surface area contributed by atoms with Crippen LogP contribution in [0.1, 0.15) is 11.1 Å². The van der Waals surface area contributed by atoms with E-state index in [1.54, 1.807) is 6.07 Å². The van der Waals surface area contributed by atoms with Crippen molar-refractivity contribution in [2.45, 2.75) is 13.5 Å². The first-order valence-corrected chi connectivity index (χ1v) is 6.29. The van der Waals surface area contributed by atoms with E-state index < -0.39 is 0 Å². The molecule has 1 heterocycles. The van der Waals surface area contributed by atoms with Gasteiger partial charge in [-0.3, -0.25) is 0 Å². The number of rotatable bonds is 3. The van der Waals surface area contributed by atoms with Crippen LogP contribution in [0.2, 0.25) is 0 Å². The summed E-state index contributed by atoms with van der Waals surface area (Å²) in [5, 5.41) is 4.36. The van der Waals surface area contributed by atoms with E-state index in [0.717, 1.165) is 16.6 Å². The molecule has 0 aliphatic rings. The molecule has 2 aromatic carbocycles. The zero-order valence-corrected chi connectivity index (χ0v) is 10.7. The number of anilines is 1. The van der Waals surface area contributed by atoms with Gasteiger partial charge in [0.1, 0.15) is 5.82 Å². The largest absolute Gasteiger partial charge is 0.378 e. The number of aryl methyl sites for hydroxylation is 1. The van der Waals surface area contributed by atoms with E-state index in [0.29, 0.717) is 12.2 Å². The van der Waals surface area contributed by atoms with Crippen LogP contribution < -0.4 is 5.32 Å². The minimum atomic E-state index is -0.207. The molecule has 0 spiro atoms. The third-order valence-corrected chi connectivity index (χ3v) is 3.36. The minimum absolute atomic E-state index is 0.207. The van der Waals surface area contributed by atoms with Crippen molar-refractivity contribution in [3.8, 4) is 0 Å². The normalized spacial score (nSPS) is 10.8. The summed E-state index contributed by atoms with van der Waals surface area (Å²) in [6.07, 6.45) is 1.92. The zero-order valence-electron chi connectivity index (χ0n) is 10.7. The van der Waals surface area contributed by atoms with Crippen LogP contribution in [0, 0.1) is 12.7 Å². The summed E-state index contributed by atoms with van der Waals surface area (Å²) in [5.41, 5.74) is 3.75. The highest BCUT2D eigenvalue weighted by molar-refractivity contribution is 5.83. The molecule has 0 amide bonds. The number of halogens is 1. The number of para-hydroxylation sites is 1. The molecule has 0 atom stereocenters. The molecule has 3 rings (SSSR count). The number of fused-ring (bicyclic) bond motifs is 1. The molecule has 0 unspecified atom stereocenters. The first-order valence-electron chi connectivity index (χ1n) is 6.29. The maximum absolute atomic E-state index is 13.7. The van der Waals surface area contributed by atoms with Gasteiger partial charge in [0.2, 0.25) is 0 Å². The molecule has 0 radical (unpaired) electrons. The van der Waals surface area contributed by atoms with Crippen LogP contribution in [0.5, 0.6) is 0 Å². The maximum Gasteiger partial charge on any atom is 0.146 e. The van der Waals surface area contributed by atoms with Crippen LogP contribution in [-0.2, 0) is 6.54 Å². The van der Waals surface area contributed by atoms with Gasteiger partial charge in [-0.1, -0.05) is 24.3 Å².